The van der Waals surface area contributed by atoms with E-state index in [1.807, 2.05) is 12.1 Å². The van der Waals surface area contributed by atoms with Crippen LogP contribution in [0.1, 0.15) is 77.7 Å². The summed E-state index contributed by atoms with van der Waals surface area (Å²) in [4.78, 5) is 43.5. The molecule has 1 aliphatic heterocycles. The first-order valence-corrected chi connectivity index (χ1v) is 12.2. The number of rotatable bonds is 6. The van der Waals surface area contributed by atoms with E-state index in [0.29, 0.717) is 24.6 Å². The third-order valence-corrected chi connectivity index (χ3v) is 7.49. The highest BCUT2D eigenvalue weighted by Crippen LogP contribution is 2.43. The summed E-state index contributed by atoms with van der Waals surface area (Å²) in [6.07, 6.45) is 9.37. The molecule has 33 heavy (non-hydrogen) atoms. The molecule has 180 valence electrons. The van der Waals surface area contributed by atoms with Gasteiger partial charge in [-0.25, -0.2) is 9.78 Å². The van der Waals surface area contributed by atoms with Gasteiger partial charge in [-0.3, -0.25) is 14.5 Å². The molecular weight excluding hydrogens is 420 g/mol. The maximum absolute atomic E-state index is 13.1. The van der Waals surface area contributed by atoms with Gasteiger partial charge in [0.15, 0.2) is 0 Å². The Labute approximate surface area is 195 Å². The van der Waals surface area contributed by atoms with Gasteiger partial charge in [0.1, 0.15) is 18.2 Å². The molecule has 0 bridgehead atoms. The van der Waals surface area contributed by atoms with E-state index in [1.165, 1.54) is 12.8 Å². The number of imide groups is 1. The first kappa shape index (κ1) is 23.5. The molecule has 3 aliphatic rings. The highest BCUT2D eigenvalue weighted by molar-refractivity contribution is 6.09. The molecule has 0 radical (unpaired) electrons. The van der Waals surface area contributed by atoms with Crippen LogP contribution in [0.15, 0.2) is 18.3 Å². The third kappa shape index (κ3) is 5.31. The van der Waals surface area contributed by atoms with E-state index in [1.54, 1.807) is 6.20 Å². The number of urea groups is 1. The number of nitrogens with one attached hydrogen (secondary N) is 2. The fraction of sp³-hybridized carbons (Fsp3) is 0.680. The second kappa shape index (κ2) is 9.31. The average molecular weight is 457 g/mol. The van der Waals surface area contributed by atoms with Crippen LogP contribution in [0.2, 0.25) is 0 Å². The van der Waals surface area contributed by atoms with Gasteiger partial charge in [0.25, 0.3) is 5.91 Å². The molecule has 0 unspecified atom stereocenters. The lowest BCUT2D eigenvalue weighted by atomic mass is 9.67. The molecule has 3 fully saturated rings. The monoisotopic (exact) mass is 456 g/mol. The molecule has 1 spiro atoms. The van der Waals surface area contributed by atoms with Gasteiger partial charge in [-0.05, 0) is 74.3 Å². The summed E-state index contributed by atoms with van der Waals surface area (Å²) < 4.78 is 5.92. The van der Waals surface area contributed by atoms with Crippen molar-refractivity contribution in [2.75, 3.05) is 6.54 Å². The maximum Gasteiger partial charge on any atom is 0.325 e. The molecule has 0 aromatic carbocycles. The van der Waals surface area contributed by atoms with Crippen molar-refractivity contribution < 1.29 is 19.1 Å². The topological polar surface area (TPSA) is 101 Å². The SMILES string of the molecule is CC(C)(C)C1CCC2(CC1)NC(=O)N(CC(=O)NCc1ccnc(OC3CCCC3)c1)C2=O. The predicted octanol–water partition coefficient (Wildman–Crippen LogP) is 3.55. The van der Waals surface area contributed by atoms with Gasteiger partial charge in [-0.15, -0.1) is 0 Å². The Morgan fingerprint density at radius 2 is 1.91 bits per heavy atom. The fourth-order valence-corrected chi connectivity index (χ4v) is 5.34. The highest BCUT2D eigenvalue weighted by Gasteiger charge is 2.53. The normalized spacial score (nSPS) is 26.0. The summed E-state index contributed by atoms with van der Waals surface area (Å²) in [7, 11) is 0. The van der Waals surface area contributed by atoms with Gasteiger partial charge in [0.2, 0.25) is 11.8 Å². The quantitative estimate of drug-likeness (QED) is 0.638. The van der Waals surface area contributed by atoms with Crippen LogP contribution in [-0.2, 0) is 16.1 Å². The number of hydrogen-bond acceptors (Lipinski definition) is 5. The molecule has 2 saturated carbocycles. The van der Waals surface area contributed by atoms with Crippen LogP contribution < -0.4 is 15.4 Å². The summed E-state index contributed by atoms with van der Waals surface area (Å²) in [5.41, 5.74) is 0.193. The van der Waals surface area contributed by atoms with E-state index in [2.05, 4.69) is 36.4 Å². The number of amides is 4. The van der Waals surface area contributed by atoms with Gasteiger partial charge in [0.05, 0.1) is 0 Å². The summed E-state index contributed by atoms with van der Waals surface area (Å²) in [5.74, 6) is 0.448. The van der Waals surface area contributed by atoms with Crippen LogP contribution in [0.4, 0.5) is 4.79 Å². The predicted molar refractivity (Wildman–Crippen MR) is 123 cm³/mol. The van der Waals surface area contributed by atoms with Crippen LogP contribution in [0.25, 0.3) is 0 Å². The lowest BCUT2D eigenvalue weighted by Gasteiger charge is -2.40. The molecule has 2 heterocycles. The Bertz CT molecular complexity index is 896. The minimum absolute atomic E-state index is 0.182. The van der Waals surface area contributed by atoms with Crippen molar-refractivity contribution in [1.82, 2.24) is 20.5 Å². The smallest absolute Gasteiger partial charge is 0.325 e. The molecular formula is C25H36N4O4. The molecule has 1 aromatic heterocycles. The van der Waals surface area contributed by atoms with E-state index in [9.17, 15) is 14.4 Å². The number of ether oxygens (including phenoxy) is 1. The molecule has 0 atom stereocenters. The summed E-state index contributed by atoms with van der Waals surface area (Å²) in [6.45, 7) is 6.66. The number of aromatic nitrogens is 1. The zero-order valence-corrected chi connectivity index (χ0v) is 20.0. The van der Waals surface area contributed by atoms with Gasteiger partial charge in [-0.1, -0.05) is 20.8 Å². The molecule has 1 aromatic rings. The summed E-state index contributed by atoms with van der Waals surface area (Å²) >= 11 is 0. The Morgan fingerprint density at radius 1 is 1.21 bits per heavy atom. The number of nitrogens with zero attached hydrogens (tertiary/aromatic N) is 2. The van der Waals surface area contributed by atoms with Crippen LogP contribution >= 0.6 is 0 Å². The van der Waals surface area contributed by atoms with E-state index in [4.69, 9.17) is 4.74 Å². The Hall–Kier alpha value is -2.64. The van der Waals surface area contributed by atoms with Gasteiger partial charge in [-0.2, -0.15) is 0 Å². The van der Waals surface area contributed by atoms with Crippen LogP contribution in [0.3, 0.4) is 0 Å². The Balaban J connectivity index is 1.29. The average Bonchev–Trinajstić information content (AvgIpc) is 3.35. The maximum atomic E-state index is 13.1. The number of carbonyl (C=O) groups excluding carboxylic acids is 3. The summed E-state index contributed by atoms with van der Waals surface area (Å²) in [6, 6.07) is 3.17. The largest absolute Gasteiger partial charge is 0.474 e. The van der Waals surface area contributed by atoms with Crippen molar-refractivity contribution in [3.8, 4) is 5.88 Å². The molecule has 8 heteroatoms. The standard InChI is InChI=1S/C25H36N4O4/c1-24(2,3)18-8-11-25(12-9-18)22(31)29(23(32)28-25)16-20(30)27-15-17-10-13-26-21(14-17)33-19-6-4-5-7-19/h10,13-14,18-19H,4-9,11-12,15-16H2,1-3H3,(H,27,30)(H,28,32). The molecule has 1 saturated heterocycles. The van der Waals surface area contributed by atoms with Gasteiger partial charge in [0, 0.05) is 18.8 Å². The molecule has 2 aliphatic carbocycles. The second-order valence-electron chi connectivity index (χ2n) is 10.8. The van der Waals surface area contributed by atoms with Crippen molar-refractivity contribution in [1.29, 1.82) is 0 Å². The number of hydrogen-bond donors (Lipinski definition) is 2. The first-order chi connectivity index (χ1) is 15.7. The number of carbonyl (C=O) groups is 3. The molecule has 2 N–H and O–H groups in total. The van der Waals surface area contributed by atoms with Crippen LogP contribution in [0, 0.1) is 11.3 Å². The third-order valence-electron chi connectivity index (χ3n) is 7.49. The lowest BCUT2D eigenvalue weighted by molar-refractivity contribution is -0.136. The Kier molecular flexibility index (Phi) is 6.64. The number of pyridine rings is 1. The van der Waals surface area contributed by atoms with E-state index in [-0.39, 0.29) is 36.4 Å². The zero-order chi connectivity index (χ0) is 23.6. The summed E-state index contributed by atoms with van der Waals surface area (Å²) in [5, 5.41) is 5.70. The van der Waals surface area contributed by atoms with Crippen molar-refractivity contribution >= 4 is 17.8 Å². The highest BCUT2D eigenvalue weighted by atomic mass is 16.5. The lowest BCUT2D eigenvalue weighted by Crippen LogP contribution is -2.51. The zero-order valence-electron chi connectivity index (χ0n) is 20.0. The van der Waals surface area contributed by atoms with Crippen molar-refractivity contribution in [3.05, 3.63) is 23.9 Å². The van der Waals surface area contributed by atoms with E-state index < -0.39 is 11.6 Å². The van der Waals surface area contributed by atoms with Crippen molar-refractivity contribution in [3.63, 3.8) is 0 Å². The van der Waals surface area contributed by atoms with Crippen LogP contribution in [0.5, 0.6) is 5.88 Å². The Morgan fingerprint density at radius 3 is 2.58 bits per heavy atom. The van der Waals surface area contributed by atoms with Gasteiger partial charge < -0.3 is 15.4 Å². The van der Waals surface area contributed by atoms with Gasteiger partial charge >= 0.3 is 6.03 Å². The molecule has 4 amide bonds. The van der Waals surface area contributed by atoms with Crippen molar-refractivity contribution in [2.45, 2.75) is 90.3 Å². The molecule has 4 rings (SSSR count). The van der Waals surface area contributed by atoms with E-state index >= 15 is 0 Å². The second-order valence-corrected chi connectivity index (χ2v) is 10.8. The van der Waals surface area contributed by atoms with E-state index in [0.717, 1.165) is 36.1 Å². The minimum Gasteiger partial charge on any atom is -0.474 e. The van der Waals surface area contributed by atoms with Crippen LogP contribution in [-0.4, -0.2) is 45.9 Å². The minimum atomic E-state index is -0.851. The van der Waals surface area contributed by atoms with Crippen molar-refractivity contribution in [2.24, 2.45) is 11.3 Å². The first-order valence-electron chi connectivity index (χ1n) is 12.2. The molecule has 8 nitrogen and oxygen atoms in total. The fourth-order valence-electron chi connectivity index (χ4n) is 5.34.